The second kappa shape index (κ2) is 6.48. The van der Waals surface area contributed by atoms with Crippen LogP contribution in [0, 0.1) is 0 Å². The summed E-state index contributed by atoms with van der Waals surface area (Å²) >= 11 is 0. The van der Waals surface area contributed by atoms with E-state index in [1.165, 1.54) is 13.0 Å². The van der Waals surface area contributed by atoms with Gasteiger partial charge in [0, 0.05) is 18.2 Å². The van der Waals surface area contributed by atoms with Gasteiger partial charge in [-0.15, -0.1) is 0 Å². The van der Waals surface area contributed by atoms with Crippen molar-refractivity contribution in [1.29, 1.82) is 0 Å². The predicted molar refractivity (Wildman–Crippen MR) is 80.6 cm³/mol. The first-order valence-corrected chi connectivity index (χ1v) is 6.30. The molecular formula is C17H15NO2. The van der Waals surface area contributed by atoms with Gasteiger partial charge in [0.2, 0.25) is 5.91 Å². The van der Waals surface area contributed by atoms with Gasteiger partial charge in [-0.3, -0.25) is 9.59 Å². The van der Waals surface area contributed by atoms with Crippen LogP contribution in [-0.2, 0) is 4.79 Å². The van der Waals surface area contributed by atoms with Crippen LogP contribution in [-0.4, -0.2) is 11.7 Å². The predicted octanol–water partition coefficient (Wildman–Crippen LogP) is 3.54. The van der Waals surface area contributed by atoms with Gasteiger partial charge in [0.25, 0.3) is 0 Å². The van der Waals surface area contributed by atoms with Gasteiger partial charge < -0.3 is 5.32 Å². The van der Waals surface area contributed by atoms with Crippen LogP contribution in [0.5, 0.6) is 0 Å². The molecule has 0 atom stereocenters. The van der Waals surface area contributed by atoms with Crippen LogP contribution in [0.2, 0.25) is 0 Å². The van der Waals surface area contributed by atoms with Crippen molar-refractivity contribution in [3.8, 4) is 0 Å². The number of rotatable bonds is 4. The number of anilines is 1. The van der Waals surface area contributed by atoms with Gasteiger partial charge in [0.05, 0.1) is 0 Å². The Morgan fingerprint density at radius 1 is 1.00 bits per heavy atom. The molecule has 0 aliphatic heterocycles. The lowest BCUT2D eigenvalue weighted by Crippen LogP contribution is -2.05. The fourth-order valence-electron chi connectivity index (χ4n) is 1.79. The molecule has 0 saturated heterocycles. The van der Waals surface area contributed by atoms with Gasteiger partial charge in [-0.25, -0.2) is 0 Å². The van der Waals surface area contributed by atoms with E-state index in [1.54, 1.807) is 24.3 Å². The van der Waals surface area contributed by atoms with Gasteiger partial charge >= 0.3 is 0 Å². The van der Waals surface area contributed by atoms with Crippen molar-refractivity contribution >= 4 is 23.5 Å². The Kier molecular flexibility index (Phi) is 4.45. The highest BCUT2D eigenvalue weighted by atomic mass is 16.1. The highest BCUT2D eigenvalue weighted by molar-refractivity contribution is 6.06. The first-order valence-electron chi connectivity index (χ1n) is 6.30. The summed E-state index contributed by atoms with van der Waals surface area (Å²) in [5.74, 6) is -0.165. The summed E-state index contributed by atoms with van der Waals surface area (Å²) in [5.41, 5.74) is 2.23. The summed E-state index contributed by atoms with van der Waals surface area (Å²) in [4.78, 5) is 22.9. The lowest BCUT2D eigenvalue weighted by atomic mass is 10.1. The molecule has 2 aromatic rings. The third-order valence-electron chi connectivity index (χ3n) is 2.69. The zero-order valence-electron chi connectivity index (χ0n) is 11.2. The number of benzene rings is 2. The van der Waals surface area contributed by atoms with E-state index in [9.17, 15) is 9.59 Å². The lowest BCUT2D eigenvalue weighted by Gasteiger charge is -2.02. The molecule has 0 radical (unpaired) electrons. The Morgan fingerprint density at radius 3 is 2.45 bits per heavy atom. The fourth-order valence-corrected chi connectivity index (χ4v) is 1.79. The maximum absolute atomic E-state index is 11.9. The summed E-state index contributed by atoms with van der Waals surface area (Å²) in [5, 5.41) is 2.71. The van der Waals surface area contributed by atoms with Crippen LogP contribution in [0.25, 0.3) is 6.08 Å². The maximum Gasteiger partial charge on any atom is 0.221 e. The highest BCUT2D eigenvalue weighted by Gasteiger charge is 2.00. The van der Waals surface area contributed by atoms with Crippen LogP contribution in [0.3, 0.4) is 0 Å². The quantitative estimate of drug-likeness (QED) is 0.679. The summed E-state index contributed by atoms with van der Waals surface area (Å²) in [6.07, 6.45) is 3.27. The number of carbonyl (C=O) groups is 2. The number of amides is 1. The molecule has 3 heteroatoms. The van der Waals surface area contributed by atoms with Gasteiger partial charge in [0.1, 0.15) is 0 Å². The van der Waals surface area contributed by atoms with Crippen molar-refractivity contribution in [1.82, 2.24) is 0 Å². The molecule has 0 saturated carbocycles. The standard InChI is InChI=1S/C17H15NO2/c1-13(19)18-16-9-5-6-14(12-16)10-11-17(20)15-7-3-2-4-8-15/h2-12H,1H3,(H,18,19)/b11-10-. The molecule has 0 aliphatic rings. The normalized spacial score (nSPS) is 10.4. The van der Waals surface area contributed by atoms with Crippen LogP contribution >= 0.6 is 0 Å². The zero-order chi connectivity index (χ0) is 14.4. The van der Waals surface area contributed by atoms with E-state index in [2.05, 4.69) is 5.32 Å². The minimum Gasteiger partial charge on any atom is -0.326 e. The number of allylic oxidation sites excluding steroid dienone is 1. The second-order valence-electron chi connectivity index (χ2n) is 4.37. The SMILES string of the molecule is CC(=O)Nc1cccc(/C=C\C(=O)c2ccccc2)c1. The number of nitrogens with one attached hydrogen (secondary N) is 1. The molecule has 2 aromatic carbocycles. The van der Waals surface area contributed by atoms with Crippen molar-refractivity contribution in [2.75, 3.05) is 5.32 Å². The van der Waals surface area contributed by atoms with E-state index in [4.69, 9.17) is 0 Å². The van der Waals surface area contributed by atoms with Crippen LogP contribution in [0.15, 0.2) is 60.7 Å². The zero-order valence-corrected chi connectivity index (χ0v) is 11.2. The molecule has 0 heterocycles. The van der Waals surface area contributed by atoms with Gasteiger partial charge in [-0.1, -0.05) is 48.5 Å². The molecular weight excluding hydrogens is 250 g/mol. The van der Waals surface area contributed by atoms with Gasteiger partial charge in [-0.2, -0.15) is 0 Å². The summed E-state index contributed by atoms with van der Waals surface area (Å²) < 4.78 is 0. The van der Waals surface area contributed by atoms with Crippen molar-refractivity contribution < 1.29 is 9.59 Å². The molecule has 20 heavy (non-hydrogen) atoms. The molecule has 0 spiro atoms. The fraction of sp³-hybridized carbons (Fsp3) is 0.0588. The lowest BCUT2D eigenvalue weighted by molar-refractivity contribution is -0.114. The van der Waals surface area contributed by atoms with Gasteiger partial charge in [-0.05, 0) is 23.8 Å². The van der Waals surface area contributed by atoms with Crippen molar-refractivity contribution in [2.24, 2.45) is 0 Å². The van der Waals surface area contributed by atoms with E-state index in [1.807, 2.05) is 36.4 Å². The largest absolute Gasteiger partial charge is 0.326 e. The first-order chi connectivity index (χ1) is 9.65. The molecule has 2 rings (SSSR count). The summed E-state index contributed by atoms with van der Waals surface area (Å²) in [6, 6.07) is 16.4. The molecule has 0 bridgehead atoms. The summed E-state index contributed by atoms with van der Waals surface area (Å²) in [7, 11) is 0. The average Bonchev–Trinajstić information content (AvgIpc) is 2.45. The van der Waals surface area contributed by atoms with Crippen LogP contribution in [0.4, 0.5) is 5.69 Å². The van der Waals surface area contributed by atoms with Crippen LogP contribution < -0.4 is 5.32 Å². The molecule has 0 unspecified atom stereocenters. The van der Waals surface area contributed by atoms with E-state index in [-0.39, 0.29) is 11.7 Å². The molecule has 0 fully saturated rings. The Morgan fingerprint density at radius 2 is 1.75 bits per heavy atom. The van der Waals surface area contributed by atoms with E-state index in [0.717, 1.165) is 5.56 Å². The number of hydrogen-bond acceptors (Lipinski definition) is 2. The third kappa shape index (κ3) is 3.92. The van der Waals surface area contributed by atoms with Crippen LogP contribution in [0.1, 0.15) is 22.8 Å². The molecule has 0 aliphatic carbocycles. The van der Waals surface area contributed by atoms with E-state index in [0.29, 0.717) is 11.3 Å². The molecule has 0 aromatic heterocycles. The topological polar surface area (TPSA) is 46.2 Å². The Labute approximate surface area is 117 Å². The van der Waals surface area contributed by atoms with E-state index >= 15 is 0 Å². The first kappa shape index (κ1) is 13.7. The van der Waals surface area contributed by atoms with E-state index < -0.39 is 0 Å². The maximum atomic E-state index is 11.9. The average molecular weight is 265 g/mol. The monoisotopic (exact) mass is 265 g/mol. The molecule has 100 valence electrons. The molecule has 3 nitrogen and oxygen atoms in total. The second-order valence-corrected chi connectivity index (χ2v) is 4.37. The highest BCUT2D eigenvalue weighted by Crippen LogP contribution is 2.12. The van der Waals surface area contributed by atoms with Crippen molar-refractivity contribution in [3.63, 3.8) is 0 Å². The number of hydrogen-bond donors (Lipinski definition) is 1. The smallest absolute Gasteiger partial charge is 0.221 e. The Hall–Kier alpha value is -2.68. The third-order valence-corrected chi connectivity index (χ3v) is 2.69. The number of ketones is 1. The van der Waals surface area contributed by atoms with Gasteiger partial charge in [0.15, 0.2) is 5.78 Å². The minimum absolute atomic E-state index is 0.0458. The Balaban J connectivity index is 2.11. The summed E-state index contributed by atoms with van der Waals surface area (Å²) in [6.45, 7) is 1.46. The van der Waals surface area contributed by atoms with Crippen molar-refractivity contribution in [3.05, 3.63) is 71.8 Å². The Bertz CT molecular complexity index is 645. The molecule has 1 N–H and O–H groups in total. The number of carbonyl (C=O) groups excluding carboxylic acids is 2. The van der Waals surface area contributed by atoms with Crippen molar-refractivity contribution in [2.45, 2.75) is 6.92 Å². The minimum atomic E-state index is -0.119. The molecule has 1 amide bonds.